The van der Waals surface area contributed by atoms with Crippen LogP contribution in [0.2, 0.25) is 0 Å². The Labute approximate surface area is 160 Å². The van der Waals surface area contributed by atoms with Gasteiger partial charge in [-0.25, -0.2) is 8.42 Å². The number of rotatable bonds is 4. The molecule has 0 saturated heterocycles. The average molecular weight is 388 g/mol. The van der Waals surface area contributed by atoms with Crippen LogP contribution >= 0.6 is 0 Å². The van der Waals surface area contributed by atoms with Crippen LogP contribution < -0.4 is 14.4 Å². The molecule has 3 rings (SSSR count). The normalized spacial score (nSPS) is 16.9. The molecule has 1 aliphatic rings. The summed E-state index contributed by atoms with van der Waals surface area (Å²) in [5.74, 6) is 0.116. The summed E-state index contributed by atoms with van der Waals surface area (Å²) >= 11 is 0. The van der Waals surface area contributed by atoms with Gasteiger partial charge in [0.05, 0.1) is 11.9 Å². The van der Waals surface area contributed by atoms with E-state index in [-0.39, 0.29) is 18.9 Å². The molecule has 0 fully saturated rings. The first-order chi connectivity index (χ1) is 12.8. The molecule has 1 aliphatic heterocycles. The molecule has 0 bridgehead atoms. The molecule has 0 spiro atoms. The number of ether oxygens (including phenoxy) is 1. The van der Waals surface area contributed by atoms with Crippen LogP contribution in [0.1, 0.15) is 24.5 Å². The first kappa shape index (κ1) is 19.2. The molecule has 0 aliphatic carbocycles. The van der Waals surface area contributed by atoms with Crippen molar-refractivity contribution in [1.82, 2.24) is 0 Å². The van der Waals surface area contributed by atoms with Gasteiger partial charge in [-0.2, -0.15) is 0 Å². The lowest BCUT2D eigenvalue weighted by Gasteiger charge is -2.20. The van der Waals surface area contributed by atoms with Crippen molar-refractivity contribution in [2.24, 2.45) is 0 Å². The van der Waals surface area contributed by atoms with Crippen LogP contribution in [0, 0.1) is 6.92 Å². The maximum absolute atomic E-state index is 12.9. The topological polar surface area (TPSA) is 75.7 Å². The quantitative estimate of drug-likeness (QED) is 0.873. The Balaban J connectivity index is 1.88. The van der Waals surface area contributed by atoms with E-state index < -0.39 is 16.1 Å². The van der Waals surface area contributed by atoms with Crippen LogP contribution in [0.5, 0.6) is 5.75 Å². The molecule has 0 aromatic heterocycles. The Bertz CT molecular complexity index is 956. The zero-order chi connectivity index (χ0) is 19.6. The number of hydrogen-bond acceptors (Lipinski definition) is 4. The number of fused-ring (bicyclic) bond motifs is 1. The van der Waals surface area contributed by atoms with Gasteiger partial charge in [-0.05, 0) is 36.6 Å². The lowest BCUT2D eigenvalue weighted by molar-refractivity contribution is -0.122. The van der Waals surface area contributed by atoms with Crippen molar-refractivity contribution in [2.75, 3.05) is 22.4 Å². The third kappa shape index (κ3) is 4.08. The number of para-hydroxylation sites is 3. The van der Waals surface area contributed by atoms with Gasteiger partial charge in [0.1, 0.15) is 5.75 Å². The van der Waals surface area contributed by atoms with Gasteiger partial charge in [-0.3, -0.25) is 9.10 Å². The van der Waals surface area contributed by atoms with E-state index >= 15 is 0 Å². The van der Waals surface area contributed by atoms with E-state index in [1.807, 2.05) is 32.0 Å². The van der Waals surface area contributed by atoms with Gasteiger partial charge in [0.25, 0.3) is 5.91 Å². The van der Waals surface area contributed by atoms with E-state index in [4.69, 9.17) is 4.74 Å². The van der Waals surface area contributed by atoms with E-state index in [0.717, 1.165) is 29.5 Å². The predicted molar refractivity (Wildman–Crippen MR) is 107 cm³/mol. The standard InChI is InChI=1S/C20H24N2O4S/c1-4-15-9-7-8-14(2)19(15)21-20(23)18-12-13-22(27(3,24)25)16-10-5-6-11-17(16)26-18/h5-11,18H,4,12-13H2,1-3H3,(H,21,23)/t18-/m0/s1. The average Bonchev–Trinajstić information content (AvgIpc) is 2.82. The molecule has 1 atom stereocenters. The van der Waals surface area contributed by atoms with Crippen LogP contribution in [0.15, 0.2) is 42.5 Å². The van der Waals surface area contributed by atoms with E-state index in [1.165, 1.54) is 4.31 Å². The monoisotopic (exact) mass is 388 g/mol. The zero-order valence-electron chi connectivity index (χ0n) is 15.7. The highest BCUT2D eigenvalue weighted by molar-refractivity contribution is 7.92. The molecule has 2 aromatic carbocycles. The number of hydrogen-bond donors (Lipinski definition) is 1. The molecular weight excluding hydrogens is 364 g/mol. The Morgan fingerprint density at radius 3 is 2.67 bits per heavy atom. The maximum atomic E-state index is 12.9. The SMILES string of the molecule is CCc1cccc(C)c1NC(=O)[C@@H]1CCN(S(C)(=O)=O)c2ccccc2O1. The molecule has 1 N–H and O–H groups in total. The zero-order valence-corrected chi connectivity index (χ0v) is 16.5. The summed E-state index contributed by atoms with van der Waals surface area (Å²) in [5, 5.41) is 2.98. The van der Waals surface area contributed by atoms with Gasteiger partial charge in [0.2, 0.25) is 10.0 Å². The molecule has 0 saturated carbocycles. The highest BCUT2D eigenvalue weighted by Gasteiger charge is 2.31. The van der Waals surface area contributed by atoms with Gasteiger partial charge < -0.3 is 10.1 Å². The molecule has 144 valence electrons. The number of nitrogens with one attached hydrogen (secondary N) is 1. The fourth-order valence-corrected chi connectivity index (χ4v) is 4.21. The largest absolute Gasteiger partial charge is 0.478 e. The molecular formula is C20H24N2O4S. The lowest BCUT2D eigenvalue weighted by atomic mass is 10.1. The lowest BCUT2D eigenvalue weighted by Crippen LogP contribution is -2.36. The smallest absolute Gasteiger partial charge is 0.265 e. The molecule has 0 radical (unpaired) electrons. The van der Waals surface area contributed by atoms with E-state index in [9.17, 15) is 13.2 Å². The second-order valence-corrected chi connectivity index (χ2v) is 8.56. The van der Waals surface area contributed by atoms with Crippen LogP contribution in [0.4, 0.5) is 11.4 Å². The maximum Gasteiger partial charge on any atom is 0.265 e. The van der Waals surface area contributed by atoms with Gasteiger partial charge in [0.15, 0.2) is 6.10 Å². The van der Waals surface area contributed by atoms with Crippen molar-refractivity contribution >= 4 is 27.3 Å². The summed E-state index contributed by atoms with van der Waals surface area (Å²) < 4.78 is 31.5. The summed E-state index contributed by atoms with van der Waals surface area (Å²) in [6.45, 7) is 4.17. The molecule has 6 nitrogen and oxygen atoms in total. The summed E-state index contributed by atoms with van der Waals surface area (Å²) in [7, 11) is -3.47. The van der Waals surface area contributed by atoms with Crippen molar-refractivity contribution in [1.29, 1.82) is 0 Å². The number of anilines is 2. The highest BCUT2D eigenvalue weighted by Crippen LogP contribution is 2.34. The van der Waals surface area contributed by atoms with Crippen molar-refractivity contribution in [3.63, 3.8) is 0 Å². The van der Waals surface area contributed by atoms with Crippen LogP contribution in [0.25, 0.3) is 0 Å². The molecule has 1 amide bonds. The van der Waals surface area contributed by atoms with Gasteiger partial charge >= 0.3 is 0 Å². The minimum Gasteiger partial charge on any atom is -0.478 e. The fraction of sp³-hybridized carbons (Fsp3) is 0.350. The highest BCUT2D eigenvalue weighted by atomic mass is 32.2. The molecule has 1 heterocycles. The third-order valence-electron chi connectivity index (χ3n) is 4.68. The molecule has 0 unspecified atom stereocenters. The second-order valence-electron chi connectivity index (χ2n) is 6.65. The number of carbonyl (C=O) groups is 1. The summed E-state index contributed by atoms with van der Waals surface area (Å²) in [6.07, 6.45) is 1.45. The van der Waals surface area contributed by atoms with E-state index in [2.05, 4.69) is 5.32 Å². The third-order valence-corrected chi connectivity index (χ3v) is 5.86. The summed E-state index contributed by atoms with van der Waals surface area (Å²) in [4.78, 5) is 12.9. The van der Waals surface area contributed by atoms with Crippen molar-refractivity contribution in [3.8, 4) is 5.75 Å². The minimum atomic E-state index is -3.47. The minimum absolute atomic E-state index is 0.183. The molecule has 7 heteroatoms. The Hall–Kier alpha value is -2.54. The van der Waals surface area contributed by atoms with Crippen LogP contribution in [-0.4, -0.2) is 33.2 Å². The van der Waals surface area contributed by atoms with Crippen molar-refractivity contribution < 1.29 is 17.9 Å². The summed E-state index contributed by atoms with van der Waals surface area (Å²) in [5.41, 5.74) is 3.29. The Morgan fingerprint density at radius 2 is 1.96 bits per heavy atom. The number of amides is 1. The summed E-state index contributed by atoms with van der Waals surface area (Å²) in [6, 6.07) is 12.8. The van der Waals surface area contributed by atoms with Crippen LogP contribution in [0.3, 0.4) is 0 Å². The number of nitrogens with zero attached hydrogens (tertiary/aromatic N) is 1. The van der Waals surface area contributed by atoms with Crippen molar-refractivity contribution in [3.05, 3.63) is 53.6 Å². The van der Waals surface area contributed by atoms with E-state index in [1.54, 1.807) is 24.3 Å². The molecule has 27 heavy (non-hydrogen) atoms. The fourth-order valence-electron chi connectivity index (χ4n) is 3.26. The predicted octanol–water partition coefficient (Wildman–Crippen LogP) is 3.11. The van der Waals surface area contributed by atoms with Crippen LogP contribution in [-0.2, 0) is 21.2 Å². The van der Waals surface area contributed by atoms with Gasteiger partial charge in [0, 0.05) is 18.7 Å². The van der Waals surface area contributed by atoms with E-state index in [0.29, 0.717) is 11.4 Å². The molecule has 2 aromatic rings. The van der Waals surface area contributed by atoms with Gasteiger partial charge in [-0.1, -0.05) is 37.3 Å². The van der Waals surface area contributed by atoms with Gasteiger partial charge in [-0.15, -0.1) is 0 Å². The number of sulfonamides is 1. The second kappa shape index (κ2) is 7.60. The number of benzene rings is 2. The first-order valence-corrected chi connectivity index (χ1v) is 10.8. The Kier molecular flexibility index (Phi) is 5.41. The number of carbonyl (C=O) groups excluding carboxylic acids is 1. The van der Waals surface area contributed by atoms with Crippen molar-refractivity contribution in [2.45, 2.75) is 32.8 Å². The Morgan fingerprint density at radius 1 is 1.22 bits per heavy atom. The number of aryl methyl sites for hydroxylation is 2. The first-order valence-electron chi connectivity index (χ1n) is 8.94.